The molecule has 0 saturated heterocycles. The van der Waals surface area contributed by atoms with Crippen molar-refractivity contribution in [1.29, 1.82) is 0 Å². The van der Waals surface area contributed by atoms with Gasteiger partial charge in [-0.3, -0.25) is 0 Å². The Hall–Kier alpha value is -4.33. The first-order valence-corrected chi connectivity index (χ1v) is 13.2. The molecule has 0 aliphatic heterocycles. The highest BCUT2D eigenvalue weighted by molar-refractivity contribution is 5.87. The molecular formula is C35H35NO3. The molecule has 1 unspecified atom stereocenters. The Balaban J connectivity index is 1.73. The normalized spacial score (nSPS) is 11.8. The van der Waals surface area contributed by atoms with Gasteiger partial charge in [-0.1, -0.05) is 92.8 Å². The molecule has 0 amide bonds. The third-order valence-corrected chi connectivity index (χ3v) is 6.69. The number of aliphatic hydroxyl groups excluding tert-OH is 1. The SMILES string of the molecule is Cc1ccc(-c2cc(C(O)C#Cc3ccc(C(=O)O)cc3)cc(C(C)(C)C)c2NCCc2ccccc2)cc1. The van der Waals surface area contributed by atoms with Crippen LogP contribution in [-0.4, -0.2) is 22.7 Å². The molecule has 0 radical (unpaired) electrons. The number of aliphatic hydroxyl groups is 1. The lowest BCUT2D eigenvalue weighted by molar-refractivity contribution is 0.0697. The van der Waals surface area contributed by atoms with Crippen LogP contribution in [0.5, 0.6) is 0 Å². The van der Waals surface area contributed by atoms with Crippen molar-refractivity contribution in [2.75, 3.05) is 11.9 Å². The van der Waals surface area contributed by atoms with Gasteiger partial charge < -0.3 is 15.5 Å². The molecule has 1 atom stereocenters. The number of aromatic carboxylic acids is 1. The molecule has 0 aromatic heterocycles. The lowest BCUT2D eigenvalue weighted by atomic mass is 9.81. The van der Waals surface area contributed by atoms with Crippen LogP contribution in [0.25, 0.3) is 11.1 Å². The van der Waals surface area contributed by atoms with Crippen LogP contribution in [0.2, 0.25) is 0 Å². The Morgan fingerprint density at radius 2 is 1.59 bits per heavy atom. The number of rotatable bonds is 7. The number of carboxylic acids is 1. The molecule has 4 nitrogen and oxygen atoms in total. The summed E-state index contributed by atoms with van der Waals surface area (Å²) in [6.45, 7) is 9.38. The number of hydrogen-bond acceptors (Lipinski definition) is 3. The average Bonchev–Trinajstić information content (AvgIpc) is 2.92. The van der Waals surface area contributed by atoms with Crippen LogP contribution in [-0.2, 0) is 11.8 Å². The molecule has 0 heterocycles. The van der Waals surface area contributed by atoms with E-state index in [0.717, 1.165) is 40.9 Å². The number of carbonyl (C=O) groups is 1. The minimum Gasteiger partial charge on any atom is -0.478 e. The van der Waals surface area contributed by atoms with Gasteiger partial charge in [0.1, 0.15) is 6.10 Å². The van der Waals surface area contributed by atoms with Crippen molar-refractivity contribution in [1.82, 2.24) is 0 Å². The quantitative estimate of drug-likeness (QED) is 0.224. The summed E-state index contributed by atoms with van der Waals surface area (Å²) >= 11 is 0. The Kier molecular flexibility index (Phi) is 8.54. The number of carboxylic acid groups (broad SMARTS) is 1. The van der Waals surface area contributed by atoms with Crippen LogP contribution in [0.1, 0.15) is 65.1 Å². The molecule has 4 heteroatoms. The van der Waals surface area contributed by atoms with Crippen LogP contribution in [0.15, 0.2) is 91.0 Å². The van der Waals surface area contributed by atoms with E-state index in [1.54, 1.807) is 12.1 Å². The van der Waals surface area contributed by atoms with Crippen molar-refractivity contribution < 1.29 is 15.0 Å². The molecule has 0 aliphatic rings. The van der Waals surface area contributed by atoms with Gasteiger partial charge >= 0.3 is 5.97 Å². The van der Waals surface area contributed by atoms with E-state index in [2.05, 4.69) is 99.4 Å². The van der Waals surface area contributed by atoms with Gasteiger partial charge in [0.05, 0.1) is 5.56 Å². The second-order valence-corrected chi connectivity index (χ2v) is 10.8. The molecule has 198 valence electrons. The standard InChI is InChI=1S/C35H35NO3/c1-24-10-15-27(16-11-24)30-22-29(32(37)19-14-26-12-17-28(18-13-26)34(38)39)23-31(35(2,3)4)33(30)36-21-20-25-8-6-5-7-9-25/h5-13,15-18,22-23,32,36-37H,20-21H2,1-4H3,(H,38,39). The highest BCUT2D eigenvalue weighted by Crippen LogP contribution is 2.40. The van der Waals surface area contributed by atoms with Gasteiger partial charge in [0.15, 0.2) is 0 Å². The number of anilines is 1. The fourth-order valence-corrected chi connectivity index (χ4v) is 4.47. The van der Waals surface area contributed by atoms with Crippen molar-refractivity contribution in [2.45, 2.75) is 45.6 Å². The third kappa shape index (κ3) is 7.16. The molecule has 4 aromatic carbocycles. The zero-order valence-electron chi connectivity index (χ0n) is 23.0. The fourth-order valence-electron chi connectivity index (χ4n) is 4.47. The molecular weight excluding hydrogens is 482 g/mol. The van der Waals surface area contributed by atoms with Gasteiger partial charge in [0.25, 0.3) is 0 Å². The molecule has 0 fully saturated rings. The Morgan fingerprint density at radius 1 is 0.923 bits per heavy atom. The second-order valence-electron chi connectivity index (χ2n) is 10.8. The number of nitrogens with one attached hydrogen (secondary N) is 1. The van der Waals surface area contributed by atoms with Crippen molar-refractivity contribution in [3.8, 4) is 23.0 Å². The van der Waals surface area contributed by atoms with E-state index >= 15 is 0 Å². The van der Waals surface area contributed by atoms with Crippen molar-refractivity contribution in [3.63, 3.8) is 0 Å². The van der Waals surface area contributed by atoms with Crippen LogP contribution >= 0.6 is 0 Å². The zero-order chi connectivity index (χ0) is 28.0. The fraction of sp³-hybridized carbons (Fsp3) is 0.229. The topological polar surface area (TPSA) is 69.6 Å². The number of aryl methyl sites for hydroxylation is 1. The van der Waals surface area contributed by atoms with Gasteiger partial charge in [0.2, 0.25) is 0 Å². The van der Waals surface area contributed by atoms with E-state index in [0.29, 0.717) is 5.56 Å². The van der Waals surface area contributed by atoms with E-state index in [4.69, 9.17) is 5.11 Å². The highest BCUT2D eigenvalue weighted by atomic mass is 16.4. The smallest absolute Gasteiger partial charge is 0.335 e. The summed E-state index contributed by atoms with van der Waals surface area (Å²) in [6.07, 6.45) is -0.110. The Morgan fingerprint density at radius 3 is 2.21 bits per heavy atom. The monoisotopic (exact) mass is 517 g/mol. The lowest BCUT2D eigenvalue weighted by Crippen LogP contribution is -2.18. The highest BCUT2D eigenvalue weighted by Gasteiger charge is 2.23. The summed E-state index contributed by atoms with van der Waals surface area (Å²) in [4.78, 5) is 11.1. The van der Waals surface area contributed by atoms with Gasteiger partial charge in [0, 0.05) is 23.4 Å². The maximum atomic E-state index is 11.2. The van der Waals surface area contributed by atoms with Gasteiger partial charge in [-0.15, -0.1) is 0 Å². The maximum Gasteiger partial charge on any atom is 0.335 e. The molecule has 0 bridgehead atoms. The zero-order valence-corrected chi connectivity index (χ0v) is 23.0. The molecule has 39 heavy (non-hydrogen) atoms. The second kappa shape index (κ2) is 12.0. The van der Waals surface area contributed by atoms with Crippen LogP contribution < -0.4 is 5.32 Å². The van der Waals surface area contributed by atoms with Crippen LogP contribution in [0, 0.1) is 18.8 Å². The van der Waals surface area contributed by atoms with Gasteiger partial charge in [-0.25, -0.2) is 4.79 Å². The Labute approximate surface area is 231 Å². The molecule has 4 aromatic rings. The average molecular weight is 518 g/mol. The van der Waals surface area contributed by atoms with Crippen LogP contribution in [0.4, 0.5) is 5.69 Å². The van der Waals surface area contributed by atoms with Gasteiger partial charge in [-0.2, -0.15) is 0 Å². The number of benzene rings is 4. The van der Waals surface area contributed by atoms with Crippen molar-refractivity contribution in [2.24, 2.45) is 0 Å². The molecule has 0 spiro atoms. The minimum atomic E-state index is -1.01. The number of hydrogen-bond donors (Lipinski definition) is 3. The van der Waals surface area contributed by atoms with Crippen molar-refractivity contribution in [3.05, 3.63) is 124 Å². The summed E-state index contributed by atoms with van der Waals surface area (Å²) in [5.74, 6) is 4.96. The predicted octanol–water partition coefficient (Wildman–Crippen LogP) is 7.40. The van der Waals surface area contributed by atoms with Crippen molar-refractivity contribution >= 4 is 11.7 Å². The minimum absolute atomic E-state index is 0.190. The first-order chi connectivity index (χ1) is 18.6. The van der Waals surface area contributed by atoms with E-state index in [-0.39, 0.29) is 11.0 Å². The van der Waals surface area contributed by atoms with Crippen LogP contribution in [0.3, 0.4) is 0 Å². The summed E-state index contributed by atoms with van der Waals surface area (Å²) in [5.41, 5.74) is 8.11. The molecule has 4 rings (SSSR count). The first kappa shape index (κ1) is 27.7. The predicted molar refractivity (Wildman–Crippen MR) is 159 cm³/mol. The maximum absolute atomic E-state index is 11.2. The summed E-state index contributed by atoms with van der Waals surface area (Å²) in [5, 5.41) is 24.0. The molecule has 3 N–H and O–H groups in total. The van der Waals surface area contributed by atoms with Gasteiger partial charge in [-0.05, 0) is 77.4 Å². The molecule has 0 aliphatic carbocycles. The van der Waals surface area contributed by atoms with E-state index < -0.39 is 12.1 Å². The summed E-state index contributed by atoms with van der Waals surface area (Å²) in [6, 6.07) is 29.3. The molecule has 0 saturated carbocycles. The van der Waals surface area contributed by atoms with E-state index in [9.17, 15) is 9.90 Å². The van der Waals surface area contributed by atoms with E-state index in [1.165, 1.54) is 23.3 Å². The largest absolute Gasteiger partial charge is 0.478 e. The third-order valence-electron chi connectivity index (χ3n) is 6.69. The Bertz CT molecular complexity index is 1490. The summed E-state index contributed by atoms with van der Waals surface area (Å²) < 4.78 is 0. The first-order valence-electron chi connectivity index (χ1n) is 13.2. The van der Waals surface area contributed by atoms with E-state index in [1.807, 2.05) is 12.1 Å². The summed E-state index contributed by atoms with van der Waals surface area (Å²) in [7, 11) is 0. The lowest BCUT2D eigenvalue weighted by Gasteiger charge is -2.28.